The number of hydrogen-bond donors (Lipinski definition) is 5. The van der Waals surface area contributed by atoms with E-state index in [-0.39, 0.29) is 24.5 Å². The molecule has 0 spiro atoms. The highest BCUT2D eigenvalue weighted by molar-refractivity contribution is 5.74. The number of aliphatic hydroxyl groups excluding tert-OH is 2. The molecule has 5 N–H and O–H groups in total. The van der Waals surface area contributed by atoms with Crippen LogP contribution >= 0.6 is 0 Å². The SMILES string of the molecule is O=c1ccn([C@@H]2O[C@H](CNc3c(NCc4cccc(F)c4)c(=O)c3=O)[C@@H](O)[C@H]2O)c(=O)[nH]1. The molecule has 0 aliphatic carbocycles. The Bertz CT molecular complexity index is 1330. The number of rotatable bonds is 7. The molecule has 0 saturated carbocycles. The van der Waals surface area contributed by atoms with Gasteiger partial charge in [-0.3, -0.25) is 23.9 Å². The fraction of sp³-hybridized carbons (Fsp3) is 0.300. The molecule has 1 aliphatic rings. The molecular formula is C20H19FN4O7. The van der Waals surface area contributed by atoms with Gasteiger partial charge in [-0.15, -0.1) is 0 Å². The minimum Gasteiger partial charge on any atom is -0.387 e. The largest absolute Gasteiger partial charge is 0.387 e. The lowest BCUT2D eigenvalue weighted by Gasteiger charge is -2.19. The summed E-state index contributed by atoms with van der Waals surface area (Å²) in [6.07, 6.45) is -4.07. The van der Waals surface area contributed by atoms with Crippen molar-refractivity contribution in [2.45, 2.75) is 31.1 Å². The number of ether oxygens (including phenoxy) is 1. The number of nitrogens with one attached hydrogen (secondary N) is 3. The summed E-state index contributed by atoms with van der Waals surface area (Å²) in [5.41, 5.74) is -2.41. The Balaban J connectivity index is 1.43. The summed E-state index contributed by atoms with van der Waals surface area (Å²) >= 11 is 0. The van der Waals surface area contributed by atoms with Gasteiger partial charge < -0.3 is 25.6 Å². The lowest BCUT2D eigenvalue weighted by Crippen LogP contribution is -2.41. The average Bonchev–Trinajstić information content (AvgIpc) is 3.04. The molecule has 0 amide bonds. The van der Waals surface area contributed by atoms with Gasteiger partial charge in [0, 0.05) is 25.4 Å². The van der Waals surface area contributed by atoms with Gasteiger partial charge in [0.25, 0.3) is 16.4 Å². The monoisotopic (exact) mass is 446 g/mol. The number of anilines is 2. The summed E-state index contributed by atoms with van der Waals surface area (Å²) in [4.78, 5) is 49.0. The average molecular weight is 446 g/mol. The highest BCUT2D eigenvalue weighted by Gasteiger charge is 2.44. The van der Waals surface area contributed by atoms with Gasteiger partial charge in [0.1, 0.15) is 35.5 Å². The van der Waals surface area contributed by atoms with Crippen molar-refractivity contribution in [2.24, 2.45) is 0 Å². The zero-order chi connectivity index (χ0) is 23.0. The molecule has 1 aliphatic heterocycles. The van der Waals surface area contributed by atoms with Gasteiger partial charge in [0.05, 0.1) is 0 Å². The Morgan fingerprint density at radius 3 is 2.44 bits per heavy atom. The maximum absolute atomic E-state index is 13.3. The molecule has 2 aromatic carbocycles. The second kappa shape index (κ2) is 8.49. The standard InChI is InChI=1S/C20H19FN4O7/c21-10-3-1-2-9(6-10)7-22-13-14(17(29)16(13)28)23-8-11-15(27)18(30)19(32-11)25-5-4-12(26)24-20(25)31/h1-6,11,15,18-19,22-23,27,30H,7-8H2,(H,24,26,31)/t11-,15-,18-,19-/m1/s1. The summed E-state index contributed by atoms with van der Waals surface area (Å²) in [5.74, 6) is -0.435. The number of nitrogens with zero attached hydrogens (tertiary/aromatic N) is 1. The third-order valence-corrected chi connectivity index (χ3v) is 5.21. The number of halogens is 1. The second-order valence-electron chi connectivity index (χ2n) is 7.34. The fourth-order valence-electron chi connectivity index (χ4n) is 3.52. The van der Waals surface area contributed by atoms with E-state index in [0.29, 0.717) is 5.56 Å². The summed E-state index contributed by atoms with van der Waals surface area (Å²) < 4.78 is 19.8. The molecule has 12 heteroatoms. The maximum atomic E-state index is 13.3. The van der Waals surface area contributed by atoms with E-state index in [1.807, 2.05) is 4.98 Å². The van der Waals surface area contributed by atoms with E-state index in [4.69, 9.17) is 4.74 Å². The van der Waals surface area contributed by atoms with Gasteiger partial charge >= 0.3 is 5.69 Å². The van der Waals surface area contributed by atoms with Crippen LogP contribution in [-0.2, 0) is 11.3 Å². The first-order valence-corrected chi connectivity index (χ1v) is 9.65. The first-order chi connectivity index (χ1) is 15.3. The smallest absolute Gasteiger partial charge is 0.330 e. The highest BCUT2D eigenvalue weighted by Crippen LogP contribution is 2.28. The van der Waals surface area contributed by atoms with Crippen LogP contribution in [0.25, 0.3) is 0 Å². The fourth-order valence-corrected chi connectivity index (χ4v) is 3.52. The molecule has 1 fully saturated rings. The van der Waals surface area contributed by atoms with Gasteiger partial charge in [-0.1, -0.05) is 12.1 Å². The van der Waals surface area contributed by atoms with Gasteiger partial charge in [0.2, 0.25) is 0 Å². The van der Waals surface area contributed by atoms with E-state index >= 15 is 0 Å². The van der Waals surface area contributed by atoms with Gasteiger partial charge in [0.15, 0.2) is 6.23 Å². The quantitative estimate of drug-likeness (QED) is 0.275. The van der Waals surface area contributed by atoms with Crippen molar-refractivity contribution in [2.75, 3.05) is 17.2 Å². The molecule has 0 unspecified atom stereocenters. The van der Waals surface area contributed by atoms with E-state index < -0.39 is 52.5 Å². The summed E-state index contributed by atoms with van der Waals surface area (Å²) in [7, 11) is 0. The molecule has 1 saturated heterocycles. The van der Waals surface area contributed by atoms with Crippen LogP contribution in [-0.4, -0.2) is 44.6 Å². The normalized spacial score (nSPS) is 22.8. The van der Waals surface area contributed by atoms with E-state index in [0.717, 1.165) is 16.8 Å². The number of aromatic nitrogens is 2. The molecule has 4 rings (SSSR count). The summed E-state index contributed by atoms with van der Waals surface area (Å²) in [6, 6.07) is 6.80. The van der Waals surface area contributed by atoms with E-state index in [1.54, 1.807) is 6.07 Å². The molecule has 4 atom stereocenters. The Labute approximate surface area is 178 Å². The molecule has 1 aromatic heterocycles. The van der Waals surface area contributed by atoms with Gasteiger partial charge in [-0.2, -0.15) is 0 Å². The van der Waals surface area contributed by atoms with Crippen molar-refractivity contribution < 1.29 is 19.3 Å². The molecule has 2 heterocycles. The van der Waals surface area contributed by atoms with Crippen molar-refractivity contribution in [1.82, 2.24) is 9.55 Å². The maximum Gasteiger partial charge on any atom is 0.330 e. The molecule has 0 bridgehead atoms. The number of hydrogen-bond acceptors (Lipinski definition) is 9. The second-order valence-corrected chi connectivity index (χ2v) is 7.34. The third-order valence-electron chi connectivity index (χ3n) is 5.21. The van der Waals surface area contributed by atoms with Crippen LogP contribution in [0.4, 0.5) is 15.8 Å². The first-order valence-electron chi connectivity index (χ1n) is 9.65. The molecule has 168 valence electrons. The Morgan fingerprint density at radius 2 is 1.75 bits per heavy atom. The van der Waals surface area contributed by atoms with Crippen LogP contribution in [0.15, 0.2) is 55.7 Å². The van der Waals surface area contributed by atoms with Crippen LogP contribution in [0.5, 0.6) is 0 Å². The zero-order valence-corrected chi connectivity index (χ0v) is 16.4. The van der Waals surface area contributed by atoms with Crippen molar-refractivity contribution in [3.05, 3.63) is 89.2 Å². The van der Waals surface area contributed by atoms with Crippen LogP contribution in [0, 0.1) is 5.82 Å². The van der Waals surface area contributed by atoms with Crippen LogP contribution in [0.2, 0.25) is 0 Å². The summed E-state index contributed by atoms with van der Waals surface area (Å²) in [6.45, 7) is -0.0535. The summed E-state index contributed by atoms with van der Waals surface area (Å²) in [5, 5.41) is 26.0. The van der Waals surface area contributed by atoms with Crippen molar-refractivity contribution in [3.63, 3.8) is 0 Å². The molecule has 32 heavy (non-hydrogen) atoms. The predicted molar refractivity (Wildman–Crippen MR) is 111 cm³/mol. The van der Waals surface area contributed by atoms with Crippen molar-refractivity contribution in [1.29, 1.82) is 0 Å². The first kappa shape index (κ1) is 21.6. The van der Waals surface area contributed by atoms with Gasteiger partial charge in [-0.05, 0) is 17.7 Å². The molecule has 11 nitrogen and oxygen atoms in total. The Kier molecular flexibility index (Phi) is 5.74. The minimum absolute atomic E-state index is 0.0145. The van der Waals surface area contributed by atoms with E-state index in [9.17, 15) is 33.8 Å². The van der Waals surface area contributed by atoms with Crippen LogP contribution < -0.4 is 32.7 Å². The number of aliphatic hydroxyl groups is 2. The van der Waals surface area contributed by atoms with Gasteiger partial charge in [-0.25, -0.2) is 9.18 Å². The Morgan fingerprint density at radius 1 is 1.03 bits per heavy atom. The number of benzene rings is 1. The van der Waals surface area contributed by atoms with Crippen molar-refractivity contribution >= 4 is 11.4 Å². The molecule has 3 aromatic rings. The minimum atomic E-state index is -1.48. The molecule has 0 radical (unpaired) electrons. The predicted octanol–water partition coefficient (Wildman–Crippen LogP) is -1.38. The zero-order valence-electron chi connectivity index (χ0n) is 16.4. The third kappa shape index (κ3) is 3.98. The van der Waals surface area contributed by atoms with Crippen molar-refractivity contribution in [3.8, 4) is 0 Å². The number of H-pyrrole nitrogens is 1. The van der Waals surface area contributed by atoms with Crippen LogP contribution in [0.1, 0.15) is 11.8 Å². The lowest BCUT2D eigenvalue weighted by molar-refractivity contribution is -0.0363. The molecular weight excluding hydrogens is 427 g/mol. The van der Waals surface area contributed by atoms with E-state index in [1.165, 1.54) is 18.2 Å². The Hall–Kier alpha value is -3.61. The number of aromatic amines is 1. The van der Waals surface area contributed by atoms with Crippen LogP contribution in [0.3, 0.4) is 0 Å². The highest BCUT2D eigenvalue weighted by atomic mass is 19.1. The topological polar surface area (TPSA) is 163 Å². The lowest BCUT2D eigenvalue weighted by atomic mass is 10.1. The van der Waals surface area contributed by atoms with E-state index in [2.05, 4.69) is 10.6 Å².